The van der Waals surface area contributed by atoms with Crippen LogP contribution >= 0.6 is 0 Å². The summed E-state index contributed by atoms with van der Waals surface area (Å²) in [6.07, 6.45) is 22.1. The fourth-order valence-electron chi connectivity index (χ4n) is 7.89. The largest absolute Gasteiger partial charge is 0.349 e. The van der Waals surface area contributed by atoms with E-state index in [1.807, 2.05) is 12.4 Å². The van der Waals surface area contributed by atoms with Crippen LogP contribution in [0.5, 0.6) is 0 Å². The Kier molecular flexibility index (Phi) is 8.16. The predicted molar refractivity (Wildman–Crippen MR) is 149 cm³/mol. The summed E-state index contributed by atoms with van der Waals surface area (Å²) in [6, 6.07) is 0.879. The number of aromatic nitrogens is 4. The molecule has 0 aromatic carbocycles. The van der Waals surface area contributed by atoms with Crippen molar-refractivity contribution >= 4 is 5.91 Å². The first kappa shape index (κ1) is 26.1. The second kappa shape index (κ2) is 11.9. The van der Waals surface area contributed by atoms with Gasteiger partial charge in [0.05, 0.1) is 5.92 Å². The molecule has 4 aliphatic rings. The van der Waals surface area contributed by atoms with Gasteiger partial charge in [-0.1, -0.05) is 19.3 Å². The highest BCUT2D eigenvalue weighted by Crippen LogP contribution is 2.42. The standard InChI is InChI=1S/C30H47N7O/c38-29(25(20-27-31-11-12-32-27)21-28-33-13-14-34-28)37-15-6-24(7-16-37)22-35-17-8-30(23-35)9-18-36(19-10-30)26-4-2-1-3-5-26/h11-14,24-26H,1-10,15-23H2,(H,31,32)(H,33,34). The number of carbonyl (C=O) groups excluding carboxylic acids is 1. The molecule has 38 heavy (non-hydrogen) atoms. The van der Waals surface area contributed by atoms with Gasteiger partial charge in [-0.15, -0.1) is 0 Å². The lowest BCUT2D eigenvalue weighted by Gasteiger charge is -2.44. The van der Waals surface area contributed by atoms with Crippen molar-refractivity contribution in [2.45, 2.75) is 83.1 Å². The van der Waals surface area contributed by atoms with Crippen molar-refractivity contribution in [1.29, 1.82) is 0 Å². The van der Waals surface area contributed by atoms with Crippen LogP contribution in [0.15, 0.2) is 24.8 Å². The fourth-order valence-corrected chi connectivity index (χ4v) is 7.89. The number of imidazole rings is 2. The number of aromatic amines is 2. The third-order valence-corrected chi connectivity index (χ3v) is 10.2. The Morgan fingerprint density at radius 3 is 2.11 bits per heavy atom. The SMILES string of the molecule is O=C(C(Cc1ncc[nH]1)Cc1ncc[nH]1)N1CCC(CN2CCC3(CCN(C4CCCCC4)CC3)C2)CC1. The van der Waals surface area contributed by atoms with Crippen molar-refractivity contribution in [3.63, 3.8) is 0 Å². The molecule has 1 aliphatic carbocycles. The van der Waals surface area contributed by atoms with Crippen molar-refractivity contribution in [2.24, 2.45) is 17.3 Å². The molecule has 1 spiro atoms. The molecular weight excluding hydrogens is 474 g/mol. The van der Waals surface area contributed by atoms with E-state index in [2.05, 4.69) is 34.6 Å². The third-order valence-electron chi connectivity index (χ3n) is 10.2. The van der Waals surface area contributed by atoms with Crippen LogP contribution in [0, 0.1) is 17.3 Å². The van der Waals surface area contributed by atoms with E-state index in [9.17, 15) is 4.79 Å². The minimum Gasteiger partial charge on any atom is -0.349 e. The topological polar surface area (TPSA) is 84.1 Å². The predicted octanol–water partition coefficient (Wildman–Crippen LogP) is 3.89. The molecule has 208 valence electrons. The van der Waals surface area contributed by atoms with Crippen LogP contribution in [0.25, 0.3) is 0 Å². The van der Waals surface area contributed by atoms with E-state index in [1.165, 1.54) is 84.1 Å². The van der Waals surface area contributed by atoms with Gasteiger partial charge in [-0.3, -0.25) is 4.79 Å². The van der Waals surface area contributed by atoms with Crippen LogP contribution in [0.3, 0.4) is 0 Å². The van der Waals surface area contributed by atoms with Gasteiger partial charge >= 0.3 is 0 Å². The van der Waals surface area contributed by atoms with E-state index in [0.717, 1.165) is 43.6 Å². The molecule has 2 aromatic rings. The molecule has 0 bridgehead atoms. The first-order valence-electron chi connectivity index (χ1n) is 15.4. The van der Waals surface area contributed by atoms with Gasteiger partial charge in [-0.05, 0) is 75.9 Å². The molecule has 3 aliphatic heterocycles. The Morgan fingerprint density at radius 2 is 1.50 bits per heavy atom. The lowest BCUT2D eigenvalue weighted by atomic mass is 9.77. The van der Waals surface area contributed by atoms with E-state index < -0.39 is 0 Å². The monoisotopic (exact) mass is 521 g/mol. The number of hydrogen-bond acceptors (Lipinski definition) is 5. The minimum atomic E-state index is -0.137. The lowest BCUT2D eigenvalue weighted by Crippen LogP contribution is -2.47. The minimum absolute atomic E-state index is 0.137. The Balaban J connectivity index is 0.963. The van der Waals surface area contributed by atoms with Crippen molar-refractivity contribution in [3.05, 3.63) is 36.4 Å². The van der Waals surface area contributed by atoms with E-state index in [-0.39, 0.29) is 11.8 Å². The zero-order valence-corrected chi connectivity index (χ0v) is 23.1. The van der Waals surface area contributed by atoms with Gasteiger partial charge in [-0.25, -0.2) is 9.97 Å². The fraction of sp³-hybridized carbons (Fsp3) is 0.767. The maximum atomic E-state index is 13.6. The number of piperidine rings is 2. The van der Waals surface area contributed by atoms with Gasteiger partial charge in [-0.2, -0.15) is 0 Å². The van der Waals surface area contributed by atoms with Crippen LogP contribution in [0.2, 0.25) is 0 Å². The number of nitrogens with zero attached hydrogens (tertiary/aromatic N) is 5. The normalized spacial score (nSPS) is 24.1. The van der Waals surface area contributed by atoms with Crippen LogP contribution in [-0.2, 0) is 17.6 Å². The van der Waals surface area contributed by atoms with Gasteiger partial charge < -0.3 is 24.7 Å². The highest BCUT2D eigenvalue weighted by molar-refractivity contribution is 5.79. The van der Waals surface area contributed by atoms with Crippen molar-refractivity contribution in [3.8, 4) is 0 Å². The highest BCUT2D eigenvalue weighted by atomic mass is 16.2. The first-order valence-corrected chi connectivity index (χ1v) is 15.4. The summed E-state index contributed by atoms with van der Waals surface area (Å²) in [7, 11) is 0. The molecule has 0 radical (unpaired) electrons. The molecule has 8 heteroatoms. The smallest absolute Gasteiger partial charge is 0.226 e. The highest BCUT2D eigenvalue weighted by Gasteiger charge is 2.42. The summed E-state index contributed by atoms with van der Waals surface area (Å²) in [4.78, 5) is 36.4. The summed E-state index contributed by atoms with van der Waals surface area (Å²) >= 11 is 0. The maximum absolute atomic E-state index is 13.6. The molecule has 0 atom stereocenters. The number of H-pyrrole nitrogens is 2. The summed E-state index contributed by atoms with van der Waals surface area (Å²) in [6.45, 7) is 8.22. The van der Waals surface area contributed by atoms with Crippen LogP contribution in [0.4, 0.5) is 0 Å². The number of carbonyl (C=O) groups is 1. The molecule has 2 aromatic heterocycles. The van der Waals surface area contributed by atoms with E-state index in [1.54, 1.807) is 12.4 Å². The number of hydrogen-bond donors (Lipinski definition) is 2. The average molecular weight is 522 g/mol. The molecule has 6 rings (SSSR count). The van der Waals surface area contributed by atoms with Crippen molar-refractivity contribution in [2.75, 3.05) is 45.8 Å². The third kappa shape index (κ3) is 6.17. The van der Waals surface area contributed by atoms with Crippen LogP contribution in [0.1, 0.15) is 75.9 Å². The quantitative estimate of drug-likeness (QED) is 0.551. The zero-order chi connectivity index (χ0) is 25.8. The molecule has 8 nitrogen and oxygen atoms in total. The molecule has 5 heterocycles. The van der Waals surface area contributed by atoms with Gasteiger partial charge in [0.15, 0.2) is 0 Å². The van der Waals surface area contributed by atoms with Gasteiger partial charge in [0.1, 0.15) is 11.6 Å². The Labute approximate surface area is 228 Å². The van der Waals surface area contributed by atoms with Gasteiger partial charge in [0.25, 0.3) is 0 Å². The van der Waals surface area contributed by atoms with Crippen LogP contribution in [-0.4, -0.2) is 92.4 Å². The number of likely N-dealkylation sites (tertiary alicyclic amines) is 3. The summed E-state index contributed by atoms with van der Waals surface area (Å²) in [5, 5.41) is 0. The zero-order valence-electron chi connectivity index (χ0n) is 23.1. The average Bonchev–Trinajstić information content (AvgIpc) is 3.74. The number of rotatable bonds is 8. The van der Waals surface area contributed by atoms with Crippen molar-refractivity contribution < 1.29 is 4.79 Å². The molecule has 1 saturated carbocycles. The number of amides is 1. The summed E-state index contributed by atoms with van der Waals surface area (Å²) in [5.41, 5.74) is 0.576. The molecule has 0 unspecified atom stereocenters. The first-order chi connectivity index (χ1) is 18.7. The van der Waals surface area contributed by atoms with Crippen molar-refractivity contribution in [1.82, 2.24) is 34.6 Å². The maximum Gasteiger partial charge on any atom is 0.226 e. The van der Waals surface area contributed by atoms with Gasteiger partial charge in [0.2, 0.25) is 5.91 Å². The lowest BCUT2D eigenvalue weighted by molar-refractivity contribution is -0.137. The van der Waals surface area contributed by atoms with E-state index >= 15 is 0 Å². The molecule has 1 amide bonds. The molecule has 4 fully saturated rings. The number of nitrogens with one attached hydrogen (secondary N) is 2. The summed E-state index contributed by atoms with van der Waals surface area (Å²) in [5.74, 6) is 2.57. The molecule has 2 N–H and O–H groups in total. The second-order valence-corrected chi connectivity index (χ2v) is 12.8. The summed E-state index contributed by atoms with van der Waals surface area (Å²) < 4.78 is 0. The van der Waals surface area contributed by atoms with E-state index in [0.29, 0.717) is 24.2 Å². The Bertz CT molecular complexity index is 948. The van der Waals surface area contributed by atoms with Crippen LogP contribution < -0.4 is 0 Å². The molecular formula is C30H47N7O. The van der Waals surface area contributed by atoms with E-state index in [4.69, 9.17) is 0 Å². The Hall–Kier alpha value is -2.19. The second-order valence-electron chi connectivity index (χ2n) is 12.8. The molecule has 3 saturated heterocycles. The Morgan fingerprint density at radius 1 is 0.868 bits per heavy atom. The van der Waals surface area contributed by atoms with Gasteiger partial charge in [0, 0.05) is 69.8 Å².